The minimum atomic E-state index is -4.45. The fraction of sp³-hybridized carbons (Fsp3) is 0.462. The van der Waals surface area contributed by atoms with E-state index in [2.05, 4.69) is 10.6 Å². The molecule has 2 N–H and O–H groups in total. The van der Waals surface area contributed by atoms with Crippen molar-refractivity contribution in [3.8, 4) is 0 Å². The van der Waals surface area contributed by atoms with E-state index < -0.39 is 45.9 Å². The van der Waals surface area contributed by atoms with Crippen LogP contribution >= 0.6 is 0 Å². The first kappa shape index (κ1) is 26.1. The number of sulfonamides is 1. The second-order valence-electron chi connectivity index (χ2n) is 9.78. The van der Waals surface area contributed by atoms with Gasteiger partial charge in [0.05, 0.1) is 22.7 Å². The van der Waals surface area contributed by atoms with E-state index in [-0.39, 0.29) is 22.3 Å². The standard InChI is InChI=1S/C26H31F2N3O4S/c1-15-10-16(2)25(17(3)11-15)36(34,35)31-22-13-20(28)19(27)12-21(22)30-26(33)23(31)14-24(32)29-18-8-6-4-5-7-9-18/h10-13,18,23H,4-9,14H2,1-3H3,(H,29,32)(H,30,33). The Morgan fingerprint density at radius 1 is 1.00 bits per heavy atom. The van der Waals surface area contributed by atoms with E-state index in [1.165, 1.54) is 0 Å². The number of carbonyl (C=O) groups excluding carboxylic acids is 2. The molecule has 2 amide bonds. The maximum Gasteiger partial charge on any atom is 0.265 e. The SMILES string of the molecule is Cc1cc(C)c(S(=O)(=O)N2c3cc(F)c(F)cc3NC(=O)C2CC(=O)NC2CCCCCC2)c(C)c1. The van der Waals surface area contributed by atoms with Crippen LogP contribution in [0.25, 0.3) is 0 Å². The summed E-state index contributed by atoms with van der Waals surface area (Å²) in [6, 6.07) is 3.38. The van der Waals surface area contributed by atoms with Gasteiger partial charge >= 0.3 is 0 Å². The van der Waals surface area contributed by atoms with Crippen LogP contribution in [0.2, 0.25) is 0 Å². The molecule has 1 saturated carbocycles. The van der Waals surface area contributed by atoms with E-state index in [4.69, 9.17) is 0 Å². The quantitative estimate of drug-likeness (QED) is 0.563. The summed E-state index contributed by atoms with van der Waals surface area (Å²) in [5.74, 6) is -3.73. The molecule has 1 fully saturated rings. The lowest BCUT2D eigenvalue weighted by atomic mass is 10.1. The minimum absolute atomic E-state index is 0.0346. The van der Waals surface area contributed by atoms with E-state index >= 15 is 0 Å². The van der Waals surface area contributed by atoms with Gasteiger partial charge < -0.3 is 10.6 Å². The summed E-state index contributed by atoms with van der Waals surface area (Å²) in [4.78, 5) is 26.1. The number of hydrogen-bond donors (Lipinski definition) is 2. The molecule has 1 aliphatic heterocycles. The number of benzene rings is 2. The van der Waals surface area contributed by atoms with Crippen LogP contribution in [0.5, 0.6) is 0 Å². The molecule has 1 atom stereocenters. The van der Waals surface area contributed by atoms with Crippen molar-refractivity contribution in [1.82, 2.24) is 5.32 Å². The van der Waals surface area contributed by atoms with Gasteiger partial charge in [-0.3, -0.25) is 13.9 Å². The van der Waals surface area contributed by atoms with Gasteiger partial charge in [0.2, 0.25) is 11.8 Å². The number of aryl methyl sites for hydroxylation is 3. The third-order valence-corrected chi connectivity index (χ3v) is 8.97. The van der Waals surface area contributed by atoms with Gasteiger partial charge in [0, 0.05) is 18.2 Å². The van der Waals surface area contributed by atoms with Crippen LogP contribution < -0.4 is 14.9 Å². The number of halogens is 2. The van der Waals surface area contributed by atoms with Crippen molar-refractivity contribution >= 4 is 33.2 Å². The highest BCUT2D eigenvalue weighted by Crippen LogP contribution is 2.40. The van der Waals surface area contributed by atoms with E-state index in [9.17, 15) is 26.8 Å². The van der Waals surface area contributed by atoms with Crippen molar-refractivity contribution in [2.75, 3.05) is 9.62 Å². The highest BCUT2D eigenvalue weighted by atomic mass is 32.2. The number of carbonyl (C=O) groups is 2. The predicted molar refractivity (Wildman–Crippen MR) is 133 cm³/mol. The van der Waals surface area contributed by atoms with Crippen LogP contribution in [0.15, 0.2) is 29.2 Å². The lowest BCUT2D eigenvalue weighted by molar-refractivity contribution is -0.125. The summed E-state index contributed by atoms with van der Waals surface area (Å²) >= 11 is 0. The van der Waals surface area contributed by atoms with Crippen LogP contribution in [0, 0.1) is 32.4 Å². The van der Waals surface area contributed by atoms with Crippen molar-refractivity contribution in [1.29, 1.82) is 0 Å². The first-order valence-corrected chi connectivity index (χ1v) is 13.6. The first-order chi connectivity index (χ1) is 17.0. The summed E-state index contributed by atoms with van der Waals surface area (Å²) < 4.78 is 57.2. The molecule has 0 bridgehead atoms. The molecule has 0 saturated heterocycles. The van der Waals surface area contributed by atoms with Crippen LogP contribution in [-0.4, -0.2) is 32.3 Å². The fourth-order valence-electron chi connectivity index (χ4n) is 5.34. The van der Waals surface area contributed by atoms with Gasteiger partial charge in [-0.1, -0.05) is 43.4 Å². The first-order valence-electron chi connectivity index (χ1n) is 12.2. The van der Waals surface area contributed by atoms with Crippen molar-refractivity contribution in [2.24, 2.45) is 0 Å². The number of amides is 2. The molecule has 2 aliphatic rings. The number of nitrogens with one attached hydrogen (secondary N) is 2. The molecule has 1 heterocycles. The average molecular weight is 520 g/mol. The third kappa shape index (κ3) is 5.09. The normalized spacial score (nSPS) is 18.9. The van der Waals surface area contributed by atoms with E-state index in [0.29, 0.717) is 11.1 Å². The fourth-order valence-corrected chi connectivity index (χ4v) is 7.38. The van der Waals surface area contributed by atoms with E-state index in [1.807, 2.05) is 6.92 Å². The zero-order valence-electron chi connectivity index (χ0n) is 20.7. The molecule has 7 nitrogen and oxygen atoms in total. The lowest BCUT2D eigenvalue weighted by Crippen LogP contribution is -2.53. The Morgan fingerprint density at radius 2 is 1.58 bits per heavy atom. The number of rotatable bonds is 5. The average Bonchev–Trinajstić information content (AvgIpc) is 3.03. The summed E-state index contributed by atoms with van der Waals surface area (Å²) in [5, 5.41) is 5.40. The predicted octanol–water partition coefficient (Wildman–Crippen LogP) is 4.64. The van der Waals surface area contributed by atoms with Gasteiger partial charge in [0.25, 0.3) is 10.0 Å². The number of nitrogens with zero attached hydrogens (tertiary/aromatic N) is 1. The van der Waals surface area contributed by atoms with Gasteiger partial charge in [0.15, 0.2) is 11.6 Å². The molecule has 4 rings (SSSR count). The largest absolute Gasteiger partial charge is 0.353 e. The Balaban J connectivity index is 1.77. The molecular formula is C26H31F2N3O4S. The second kappa shape index (κ2) is 10.2. The Morgan fingerprint density at radius 3 is 2.19 bits per heavy atom. The van der Waals surface area contributed by atoms with E-state index in [0.717, 1.165) is 60.5 Å². The Hall–Kier alpha value is -3.01. The monoisotopic (exact) mass is 519 g/mol. The molecule has 194 valence electrons. The topological polar surface area (TPSA) is 95.6 Å². The third-order valence-electron chi connectivity index (χ3n) is 6.84. The van der Waals surface area contributed by atoms with Gasteiger partial charge in [-0.05, 0) is 44.7 Å². The molecule has 1 aliphatic carbocycles. The van der Waals surface area contributed by atoms with Gasteiger partial charge in [-0.15, -0.1) is 0 Å². The zero-order chi connectivity index (χ0) is 26.2. The second-order valence-corrected chi connectivity index (χ2v) is 11.5. The Labute approximate surface area is 210 Å². The summed E-state index contributed by atoms with van der Waals surface area (Å²) in [6.07, 6.45) is 5.34. The maximum absolute atomic E-state index is 14.3. The van der Waals surface area contributed by atoms with Crippen molar-refractivity contribution in [3.63, 3.8) is 0 Å². The smallest absolute Gasteiger partial charge is 0.265 e. The summed E-state index contributed by atoms with van der Waals surface area (Å²) in [6.45, 7) is 5.10. The number of anilines is 2. The molecule has 10 heteroatoms. The van der Waals surface area contributed by atoms with Crippen LogP contribution in [0.1, 0.15) is 61.6 Å². The minimum Gasteiger partial charge on any atom is -0.353 e. The van der Waals surface area contributed by atoms with Gasteiger partial charge in [-0.2, -0.15) is 0 Å². The van der Waals surface area contributed by atoms with Crippen molar-refractivity contribution < 1.29 is 26.8 Å². The van der Waals surface area contributed by atoms with Crippen molar-refractivity contribution in [3.05, 3.63) is 52.6 Å². The van der Waals surface area contributed by atoms with Gasteiger partial charge in [0.1, 0.15) is 6.04 Å². The molecule has 0 radical (unpaired) electrons. The molecule has 1 unspecified atom stereocenters. The number of fused-ring (bicyclic) bond motifs is 1. The molecule has 0 spiro atoms. The zero-order valence-corrected chi connectivity index (χ0v) is 21.5. The highest BCUT2D eigenvalue weighted by molar-refractivity contribution is 7.93. The summed E-state index contributed by atoms with van der Waals surface area (Å²) in [7, 11) is -4.45. The molecule has 36 heavy (non-hydrogen) atoms. The Kier molecular flexibility index (Phi) is 7.36. The molecule has 0 aromatic heterocycles. The highest BCUT2D eigenvalue weighted by Gasteiger charge is 2.43. The Bertz CT molecular complexity index is 1280. The molecule has 2 aromatic rings. The maximum atomic E-state index is 14.3. The lowest BCUT2D eigenvalue weighted by Gasteiger charge is -2.37. The van der Waals surface area contributed by atoms with E-state index in [1.54, 1.807) is 26.0 Å². The van der Waals surface area contributed by atoms with Crippen LogP contribution in [0.3, 0.4) is 0 Å². The number of hydrogen-bond acceptors (Lipinski definition) is 4. The molecule has 2 aromatic carbocycles. The summed E-state index contributed by atoms with van der Waals surface area (Å²) in [5.41, 5.74) is 1.35. The van der Waals surface area contributed by atoms with Crippen molar-refractivity contribution in [2.45, 2.75) is 82.7 Å². The molecular weight excluding hydrogens is 488 g/mol. The van der Waals surface area contributed by atoms with Crippen LogP contribution in [-0.2, 0) is 19.6 Å². The van der Waals surface area contributed by atoms with Crippen LogP contribution in [0.4, 0.5) is 20.2 Å². The van der Waals surface area contributed by atoms with Gasteiger partial charge in [-0.25, -0.2) is 17.2 Å².